The molecule has 0 amide bonds. The Hall–Kier alpha value is -5.09. The third-order valence-electron chi connectivity index (χ3n) is 18.9. The summed E-state index contributed by atoms with van der Waals surface area (Å²) in [4.78, 5) is 59.0. The summed E-state index contributed by atoms with van der Waals surface area (Å²) in [5.74, 6) is -1.59. The number of aliphatic hydroxyl groups excluding tert-OH is 2. The topological polar surface area (TPSA) is 231 Å². The Kier molecular flexibility index (Phi) is 84.3. The van der Waals surface area contributed by atoms with Crippen molar-refractivity contribution in [1.82, 2.24) is 0 Å². The first kappa shape index (κ1) is 110. The molecule has 18 heteroatoms. The molecule has 0 rings (SSSR count). The fourth-order valence-electron chi connectivity index (χ4n) is 12.1. The lowest BCUT2D eigenvalue weighted by Crippen LogP contribution is -2.30. The Labute approximate surface area is 701 Å². The highest BCUT2D eigenvalue weighted by Crippen LogP contribution is 2.45. The molecule has 0 aromatic rings. The quantitative estimate of drug-likeness (QED) is 0.0146. The SMILES string of the molecule is CC/C=C\C/C=C\C/C=C\C/C=C\C/C=C\CCCCCCCCCCCCCCCC(=O)OCC(O)COP(=O)(O)OCC(O)COP(=O)(O)OCC(COC(=O)CCCCCCCCCCCCC/C=C\C/C=C\C/C=C\C/C=C\C/C=C\CC)OC(=O)CCCCCCCCC/C=C\C/C=C\C/C=C\C/C=C\CCCCC. The highest BCUT2D eigenvalue weighted by molar-refractivity contribution is 7.47. The average Bonchev–Trinajstić information content (AvgIpc) is 0.906. The van der Waals surface area contributed by atoms with Gasteiger partial charge in [-0.15, -0.1) is 0 Å². The van der Waals surface area contributed by atoms with E-state index < -0.39 is 91.5 Å². The van der Waals surface area contributed by atoms with Gasteiger partial charge in [-0.1, -0.05) is 364 Å². The number of rotatable bonds is 85. The lowest BCUT2D eigenvalue weighted by molar-refractivity contribution is -0.161. The minimum Gasteiger partial charge on any atom is -0.463 e. The first-order chi connectivity index (χ1) is 56.2. The predicted octanol–water partition coefficient (Wildman–Crippen LogP) is 27.9. The summed E-state index contributed by atoms with van der Waals surface area (Å²) in [6, 6.07) is 0. The van der Waals surface area contributed by atoms with Crippen LogP contribution in [0.2, 0.25) is 0 Å². The van der Waals surface area contributed by atoms with Crippen LogP contribution in [0, 0.1) is 0 Å². The number of allylic oxidation sites excluding steroid dienone is 28. The molecule has 5 atom stereocenters. The van der Waals surface area contributed by atoms with Crippen LogP contribution >= 0.6 is 15.6 Å². The number of phosphoric acid groups is 2. The van der Waals surface area contributed by atoms with E-state index in [9.17, 15) is 43.5 Å². The molecule has 0 aliphatic carbocycles. The number of aliphatic hydroxyl groups is 2. The van der Waals surface area contributed by atoms with Crippen molar-refractivity contribution in [3.63, 3.8) is 0 Å². The molecule has 0 bridgehead atoms. The van der Waals surface area contributed by atoms with Crippen LogP contribution in [0.15, 0.2) is 170 Å². The number of unbranched alkanes of at least 4 members (excludes halogenated alkanes) is 34. The molecule has 0 radical (unpaired) electrons. The summed E-state index contributed by atoms with van der Waals surface area (Å²) in [5.41, 5.74) is 0. The summed E-state index contributed by atoms with van der Waals surface area (Å²) < 4.78 is 61.5. The van der Waals surface area contributed by atoms with E-state index in [1.165, 1.54) is 122 Å². The molecule has 0 aromatic heterocycles. The molecule has 0 aliphatic rings. The first-order valence-corrected chi connectivity index (χ1v) is 48.4. The highest BCUT2D eigenvalue weighted by Gasteiger charge is 2.29. The summed E-state index contributed by atoms with van der Waals surface area (Å²) in [6.07, 6.45) is 114. The fraction of sp³-hybridized carbons (Fsp3) is 0.680. The van der Waals surface area contributed by atoms with E-state index in [1.807, 2.05) is 0 Å². The Morgan fingerprint density at radius 2 is 0.461 bits per heavy atom. The first-order valence-electron chi connectivity index (χ1n) is 45.4. The monoisotopic (exact) mass is 1650 g/mol. The van der Waals surface area contributed by atoms with E-state index >= 15 is 0 Å². The number of phosphoric ester groups is 2. The van der Waals surface area contributed by atoms with Gasteiger partial charge in [0.2, 0.25) is 0 Å². The minimum absolute atomic E-state index is 0.0873. The third-order valence-corrected chi connectivity index (χ3v) is 20.8. The number of hydrogen-bond donors (Lipinski definition) is 4. The summed E-state index contributed by atoms with van der Waals surface area (Å²) in [5, 5.41) is 20.7. The molecule has 0 saturated carbocycles. The summed E-state index contributed by atoms with van der Waals surface area (Å²) in [7, 11) is -9.82. The molecular weight excluding hydrogens is 1480 g/mol. The second kappa shape index (κ2) is 88.2. The lowest BCUT2D eigenvalue weighted by Gasteiger charge is -2.21. The molecule has 0 spiro atoms. The van der Waals surface area contributed by atoms with Gasteiger partial charge in [0, 0.05) is 19.3 Å². The second-order valence-electron chi connectivity index (χ2n) is 30.0. The Morgan fingerprint density at radius 1 is 0.252 bits per heavy atom. The van der Waals surface area contributed by atoms with Crippen LogP contribution in [0.5, 0.6) is 0 Å². The van der Waals surface area contributed by atoms with Crippen LogP contribution in [-0.4, -0.2) is 95.9 Å². The number of ether oxygens (including phenoxy) is 3. The molecule has 0 aromatic carbocycles. The zero-order valence-corrected chi connectivity index (χ0v) is 74.2. The fourth-order valence-corrected chi connectivity index (χ4v) is 13.7. The van der Waals surface area contributed by atoms with Crippen LogP contribution < -0.4 is 0 Å². The Balaban J connectivity index is 4.65. The highest BCUT2D eigenvalue weighted by atomic mass is 31.2. The van der Waals surface area contributed by atoms with Gasteiger partial charge < -0.3 is 34.2 Å². The van der Waals surface area contributed by atoms with Gasteiger partial charge in [-0.25, -0.2) is 9.13 Å². The van der Waals surface area contributed by atoms with Crippen LogP contribution in [0.1, 0.15) is 367 Å². The third kappa shape index (κ3) is 89.5. The molecule has 0 aliphatic heterocycles. The van der Waals surface area contributed by atoms with Crippen molar-refractivity contribution in [3.05, 3.63) is 170 Å². The zero-order chi connectivity index (χ0) is 83.6. The Bertz CT molecular complexity index is 2770. The predicted molar refractivity (Wildman–Crippen MR) is 482 cm³/mol. The van der Waals surface area contributed by atoms with Crippen molar-refractivity contribution in [2.24, 2.45) is 0 Å². The maximum absolute atomic E-state index is 13.1. The normalized spacial score (nSPS) is 14.6. The molecular formula is C97H164O16P2. The van der Waals surface area contributed by atoms with Crippen LogP contribution in [-0.2, 0) is 55.8 Å². The molecule has 0 saturated heterocycles. The lowest BCUT2D eigenvalue weighted by atomic mass is 10.0. The van der Waals surface area contributed by atoms with E-state index in [-0.39, 0.29) is 19.3 Å². The minimum atomic E-state index is -4.95. The van der Waals surface area contributed by atoms with Crippen molar-refractivity contribution in [3.8, 4) is 0 Å². The van der Waals surface area contributed by atoms with E-state index in [4.69, 9.17) is 32.3 Å². The van der Waals surface area contributed by atoms with Crippen molar-refractivity contribution in [1.29, 1.82) is 0 Å². The van der Waals surface area contributed by atoms with E-state index in [2.05, 4.69) is 191 Å². The number of carbonyl (C=O) groups excluding carboxylic acids is 3. The van der Waals surface area contributed by atoms with Crippen LogP contribution in [0.25, 0.3) is 0 Å². The van der Waals surface area contributed by atoms with Crippen molar-refractivity contribution < 1.29 is 75.8 Å². The van der Waals surface area contributed by atoms with Gasteiger partial charge in [0.15, 0.2) is 6.10 Å². The van der Waals surface area contributed by atoms with Gasteiger partial charge >= 0.3 is 33.6 Å². The molecule has 5 unspecified atom stereocenters. The molecule has 115 heavy (non-hydrogen) atoms. The molecule has 0 fully saturated rings. The standard InChI is InChI=1S/C97H164O16P2/c1-4-7-10-13-16-19-22-25-28-31-34-37-40-42-44-45-47-49-51-53-56-59-62-65-68-71-74-77-80-83-95(100)107-86-92(98)87-109-114(103,104)110-88-93(99)89-111-115(105,106)112-91-94(113-97(102)85-82-79-76-73-70-67-64-61-58-55-50-39-36-33-30-27-24-21-18-15-12-9-6-3)90-108-96(101)84-81-78-75-72-69-66-63-60-57-54-52-48-46-43-41-38-35-32-29-26-23-20-17-14-11-8-5-2/h7-8,10-11,16-21,25-30,34-39,42-44,46,55,58,92-94,98-99H,4-6,9,12-15,22-24,31-33,40-41,45,47-54,56-57,59-91H2,1-3H3,(H,103,104)(H,105,106)/b10-7-,11-8-,19-16-,20-17-,21-18-,28-25-,29-26-,30-27-,37-34-,38-35-,39-36-,44-42-,46-43-,58-55-. The van der Waals surface area contributed by atoms with Gasteiger partial charge in [-0.3, -0.25) is 32.5 Å². The van der Waals surface area contributed by atoms with Gasteiger partial charge in [0.05, 0.1) is 26.4 Å². The van der Waals surface area contributed by atoms with Crippen LogP contribution in [0.4, 0.5) is 0 Å². The molecule has 4 N–H and O–H groups in total. The average molecular weight is 1650 g/mol. The number of hydrogen-bond acceptors (Lipinski definition) is 14. The summed E-state index contributed by atoms with van der Waals surface area (Å²) in [6.45, 7) is 2.45. The molecule has 16 nitrogen and oxygen atoms in total. The number of carbonyl (C=O) groups is 3. The second-order valence-corrected chi connectivity index (χ2v) is 32.9. The largest absolute Gasteiger partial charge is 0.472 e. The smallest absolute Gasteiger partial charge is 0.463 e. The maximum atomic E-state index is 13.1. The summed E-state index contributed by atoms with van der Waals surface area (Å²) >= 11 is 0. The van der Waals surface area contributed by atoms with Gasteiger partial charge in [0.1, 0.15) is 25.4 Å². The van der Waals surface area contributed by atoms with Crippen LogP contribution in [0.3, 0.4) is 0 Å². The van der Waals surface area contributed by atoms with Gasteiger partial charge in [-0.05, 0) is 154 Å². The van der Waals surface area contributed by atoms with Gasteiger partial charge in [0.25, 0.3) is 0 Å². The molecule has 658 valence electrons. The van der Waals surface area contributed by atoms with Gasteiger partial charge in [-0.2, -0.15) is 0 Å². The maximum Gasteiger partial charge on any atom is 0.472 e. The Morgan fingerprint density at radius 3 is 0.730 bits per heavy atom. The van der Waals surface area contributed by atoms with Crippen molar-refractivity contribution in [2.75, 3.05) is 39.6 Å². The zero-order valence-electron chi connectivity index (χ0n) is 72.4. The van der Waals surface area contributed by atoms with Crippen molar-refractivity contribution in [2.45, 2.75) is 386 Å². The van der Waals surface area contributed by atoms with E-state index in [0.29, 0.717) is 19.3 Å². The number of esters is 3. The molecule has 0 heterocycles. The van der Waals surface area contributed by atoms with E-state index in [0.717, 1.165) is 186 Å². The van der Waals surface area contributed by atoms with Crippen molar-refractivity contribution >= 4 is 33.6 Å². The van der Waals surface area contributed by atoms with E-state index in [1.54, 1.807) is 0 Å².